The van der Waals surface area contributed by atoms with E-state index in [1.165, 1.54) is 26.7 Å². The Morgan fingerprint density at radius 2 is 1.19 bits per heavy atom. The highest BCUT2D eigenvalue weighted by Crippen LogP contribution is 2.75. The number of aliphatic hydroxyl groups is 14. The number of hydrogen-bond acceptors (Lipinski definition) is 31. The van der Waals surface area contributed by atoms with Gasteiger partial charge >= 0.3 is 5.97 Å². The van der Waals surface area contributed by atoms with Crippen LogP contribution >= 0.6 is 0 Å². The number of fused-ring (bicyclic) bond motifs is 4. The second-order valence-electron chi connectivity index (χ2n) is 30.2. The summed E-state index contributed by atoms with van der Waals surface area (Å²) in [6.07, 6.45) is -40.3. The van der Waals surface area contributed by atoms with Gasteiger partial charge in [0.25, 0.3) is 0 Å². The average Bonchev–Trinajstić information content (AvgIpc) is 1.52. The van der Waals surface area contributed by atoms with E-state index in [1.54, 1.807) is 0 Å². The molecule has 11 aliphatic rings. The van der Waals surface area contributed by atoms with E-state index < -0.39 is 244 Å². The van der Waals surface area contributed by atoms with Crippen molar-refractivity contribution < 1.29 is 152 Å². The van der Waals surface area contributed by atoms with Crippen LogP contribution in [0.4, 0.5) is 0 Å². The fourth-order valence-electron chi connectivity index (χ4n) is 18.9. The first-order chi connectivity index (χ1) is 45.8. The van der Waals surface area contributed by atoms with Gasteiger partial charge in [-0.15, -0.1) is 6.58 Å². The maximum absolute atomic E-state index is 14.6. The van der Waals surface area contributed by atoms with Gasteiger partial charge in [0.05, 0.1) is 56.6 Å². The molecule has 7 saturated heterocycles. The summed E-state index contributed by atoms with van der Waals surface area (Å²) in [5, 5.41) is 157. The summed E-state index contributed by atoms with van der Waals surface area (Å²) < 4.78 is 90.4. The summed E-state index contributed by atoms with van der Waals surface area (Å²) in [6, 6.07) is 0. The topological polar surface area (TPSA) is 456 Å². The Hall–Kier alpha value is -2.50. The molecule has 14 N–H and O–H groups in total. The van der Waals surface area contributed by atoms with E-state index in [0.29, 0.717) is 38.5 Å². The summed E-state index contributed by atoms with van der Waals surface area (Å²) in [7, 11) is 2.40. The molecule has 554 valence electrons. The van der Waals surface area contributed by atoms with Crippen molar-refractivity contribution in [3.63, 3.8) is 0 Å². The molecule has 0 bridgehead atoms. The number of rotatable bonds is 21. The zero-order valence-electron chi connectivity index (χ0n) is 56.4. The van der Waals surface area contributed by atoms with Crippen LogP contribution in [0.3, 0.4) is 0 Å². The number of cyclic esters (lactones) is 1. The third kappa shape index (κ3) is 13.1. The number of methoxy groups -OCH3 is 2. The number of esters is 1. The van der Waals surface area contributed by atoms with Crippen molar-refractivity contribution in [2.45, 2.75) is 290 Å². The molecule has 4 aliphatic carbocycles. The smallest absolute Gasteiger partial charge is 0.314 e. The Kier molecular flexibility index (Phi) is 22.8. The van der Waals surface area contributed by atoms with Gasteiger partial charge in [0.2, 0.25) is 0 Å². The van der Waals surface area contributed by atoms with Crippen LogP contribution in [0.1, 0.15) is 106 Å². The molecule has 0 unspecified atom stereocenters. The number of carbonyl (C=O) groups excluding carboxylic acids is 2. The lowest BCUT2D eigenvalue weighted by atomic mass is 9.41. The SMILES string of the molecule is C=C(C)CCC[C@]1(C)OC(=O)[C@]23CC=C4[C@@H](CC[C@H]5C(C)(C)[C@@H](O[C@@H]6OC[C@@H](O)[C@H](O[C@@H]7O[C@H](CO)[C@@H](O)[C@H](O[C@@H]8O[C@H](CO)[C@@H](O)[C@H](OC)[C@H]8O)[C@H]7O)[C@H]6O[C@@H]6O[C@H](C)[C@@H](O[C@@H]7[C@@H](O)[C@H](O[C@@H]8[C@@H](OC)[C@H](O)[C@@H](CO)O[C@H]8O)CO[C@H]7O)[C@H](O)[C@H]6O)CC[C@]45C)[C@]2(C)CC(=O)[C@@H]31. The number of hydrogen-bond donors (Lipinski definition) is 14. The van der Waals surface area contributed by atoms with Crippen molar-refractivity contribution in [3.8, 4) is 0 Å². The Balaban J connectivity index is 0.854. The molecule has 7 aliphatic heterocycles. The number of carbonyl (C=O) groups is 2. The van der Waals surface area contributed by atoms with Gasteiger partial charge in [-0.05, 0) is 100 Å². The summed E-state index contributed by atoms with van der Waals surface area (Å²) in [5.41, 5.74) is -1.65. The third-order valence-corrected chi connectivity index (χ3v) is 24.0. The second kappa shape index (κ2) is 29.2. The minimum absolute atomic E-state index is 0.0496. The Morgan fingerprint density at radius 1 is 0.588 bits per heavy atom. The molecule has 97 heavy (non-hydrogen) atoms. The lowest BCUT2D eigenvalue weighted by molar-refractivity contribution is -0.398. The van der Waals surface area contributed by atoms with E-state index in [1.807, 2.05) is 13.8 Å². The first-order valence-corrected chi connectivity index (χ1v) is 34.1. The van der Waals surface area contributed by atoms with Crippen LogP contribution in [-0.4, -0.2) is 314 Å². The minimum atomic E-state index is -2.08. The number of ether oxygens (including phenoxy) is 15. The van der Waals surface area contributed by atoms with Crippen molar-refractivity contribution in [2.24, 2.45) is 39.4 Å². The van der Waals surface area contributed by atoms with Gasteiger partial charge in [0.1, 0.15) is 140 Å². The quantitative estimate of drug-likeness (QED) is 0.0305. The first-order valence-electron chi connectivity index (χ1n) is 34.1. The predicted molar refractivity (Wildman–Crippen MR) is 325 cm³/mol. The summed E-state index contributed by atoms with van der Waals surface area (Å²) in [6.45, 7) is 14.5. The zero-order valence-corrected chi connectivity index (χ0v) is 56.4. The monoisotopic (exact) mass is 1390 g/mol. The minimum Gasteiger partial charge on any atom is -0.458 e. The maximum Gasteiger partial charge on any atom is 0.314 e. The lowest BCUT2D eigenvalue weighted by Gasteiger charge is -2.63. The molecule has 0 aromatic rings. The van der Waals surface area contributed by atoms with Crippen LogP contribution in [0.25, 0.3) is 0 Å². The van der Waals surface area contributed by atoms with Crippen molar-refractivity contribution in [3.05, 3.63) is 23.8 Å². The Labute approximate surface area is 562 Å². The molecule has 3 saturated carbocycles. The van der Waals surface area contributed by atoms with Gasteiger partial charge in [-0.25, -0.2) is 0 Å². The van der Waals surface area contributed by atoms with Crippen LogP contribution in [0.2, 0.25) is 0 Å². The molecule has 10 fully saturated rings. The molecule has 0 radical (unpaired) electrons. The molecule has 11 rings (SSSR count). The molecule has 0 aromatic heterocycles. The van der Waals surface area contributed by atoms with Crippen molar-refractivity contribution >= 4 is 11.8 Å². The largest absolute Gasteiger partial charge is 0.458 e. The van der Waals surface area contributed by atoms with Crippen LogP contribution in [0, 0.1) is 39.4 Å². The van der Waals surface area contributed by atoms with Crippen LogP contribution in [0.5, 0.6) is 0 Å². The van der Waals surface area contributed by atoms with E-state index in [9.17, 15) is 81.1 Å². The van der Waals surface area contributed by atoms with E-state index in [4.69, 9.17) is 71.1 Å². The van der Waals surface area contributed by atoms with Gasteiger partial charge in [-0.2, -0.15) is 0 Å². The highest BCUT2D eigenvalue weighted by Gasteiger charge is 2.79. The molecular weight excluding hydrogens is 1290 g/mol. The average molecular weight is 1390 g/mol. The fourth-order valence-corrected chi connectivity index (χ4v) is 18.9. The maximum atomic E-state index is 14.6. The molecule has 31 heteroatoms. The predicted octanol–water partition coefficient (Wildman–Crippen LogP) is -3.27. The Morgan fingerprint density at radius 3 is 1.82 bits per heavy atom. The first kappa shape index (κ1) is 75.7. The number of aliphatic hydroxyl groups excluding tert-OH is 14. The van der Waals surface area contributed by atoms with Crippen molar-refractivity contribution in [1.29, 1.82) is 0 Å². The molecule has 0 aromatic carbocycles. The molecular formula is C66H104O31. The molecule has 36 atom stereocenters. The molecule has 1 spiro atoms. The summed E-state index contributed by atoms with van der Waals surface area (Å²) in [5.74, 6) is -1.05. The normalized spacial score (nSPS) is 52.1. The zero-order chi connectivity index (χ0) is 70.5. The van der Waals surface area contributed by atoms with E-state index >= 15 is 0 Å². The number of ketones is 1. The third-order valence-electron chi connectivity index (χ3n) is 24.0. The van der Waals surface area contributed by atoms with E-state index in [2.05, 4.69) is 40.3 Å². The van der Waals surface area contributed by atoms with Gasteiger partial charge in [-0.1, -0.05) is 44.9 Å². The van der Waals surface area contributed by atoms with E-state index in [-0.39, 0.29) is 30.0 Å². The van der Waals surface area contributed by atoms with Crippen molar-refractivity contribution in [1.82, 2.24) is 0 Å². The van der Waals surface area contributed by atoms with Gasteiger partial charge < -0.3 is 143 Å². The highest BCUT2D eigenvalue weighted by molar-refractivity contribution is 5.99. The lowest BCUT2D eigenvalue weighted by Crippen LogP contribution is -2.67. The van der Waals surface area contributed by atoms with E-state index in [0.717, 1.165) is 18.4 Å². The molecule has 7 heterocycles. The van der Waals surface area contributed by atoms with Crippen LogP contribution in [-0.2, 0) is 80.6 Å². The molecule has 0 amide bonds. The second-order valence-corrected chi connectivity index (χ2v) is 30.2. The van der Waals surface area contributed by atoms with Crippen LogP contribution in [0.15, 0.2) is 23.8 Å². The number of allylic oxidation sites excluding steroid dienone is 3. The van der Waals surface area contributed by atoms with Gasteiger partial charge in [0, 0.05) is 20.6 Å². The number of Topliss-reactive ketones (excluding diaryl/α,β-unsaturated/α-hetero) is 1. The van der Waals surface area contributed by atoms with Gasteiger partial charge in [0.15, 0.2) is 37.7 Å². The van der Waals surface area contributed by atoms with Crippen LogP contribution < -0.4 is 0 Å². The summed E-state index contributed by atoms with van der Waals surface area (Å²) in [4.78, 5) is 29.1. The Bertz CT molecular complexity index is 2780. The summed E-state index contributed by atoms with van der Waals surface area (Å²) >= 11 is 0. The van der Waals surface area contributed by atoms with Gasteiger partial charge in [-0.3, -0.25) is 9.59 Å². The fraction of sp³-hybridized carbons (Fsp3) is 0.909. The standard InChI is InChI=1S/C66H104O31/c1-26(2)12-11-17-65(8)54-30(70)20-64(7)29-13-14-36-62(4,5)37(16-18-63(36,6)28(29)15-19-66(54,64)61(82)97-65)92-60-53(47(31(71)24-86-60)94-59-45(79)49(39(73)34(23-69)91-59)95-58-44(78)48(83-9)38(72)33(22-68)90-58)96-57-43(77)42(76)46(27(3)87-57)93-51-41(75)35(25-85-55(51)80)88-52-50(84-10)40(74)32(21-67)89-56(52)81/h15,27,29,31-60,67-69,71-81H,1,11-14,16-25H2,2-10H3/t27-,29-,31-,32-,33-,34-,35-,36+,37+,38-,39-,40-,41+,42-,43-,44-,45-,46-,47+,48+,49+,50+,51-,52-,53-,54-,55-,56-,57+,58+,59+,60+,63-,64+,65+,66-/m1/s1. The molecule has 31 nitrogen and oxygen atoms in total. The van der Waals surface area contributed by atoms with Crippen molar-refractivity contribution in [2.75, 3.05) is 47.3 Å². The highest BCUT2D eigenvalue weighted by atomic mass is 16.8.